The van der Waals surface area contributed by atoms with Gasteiger partial charge in [0.05, 0.1) is 11.6 Å². The zero-order chi connectivity index (χ0) is 18.6. The van der Waals surface area contributed by atoms with Gasteiger partial charge in [-0.1, -0.05) is 60.7 Å². The normalized spacial score (nSPS) is 15.7. The first-order valence-electron chi connectivity index (χ1n) is 9.13. The van der Waals surface area contributed by atoms with E-state index in [-0.39, 0.29) is 5.91 Å². The molecular formula is C22H21N3O2. The van der Waals surface area contributed by atoms with Crippen molar-refractivity contribution in [2.75, 3.05) is 0 Å². The minimum Gasteiger partial charge on any atom is -0.386 e. The van der Waals surface area contributed by atoms with Crippen LogP contribution in [0.5, 0.6) is 0 Å². The van der Waals surface area contributed by atoms with Crippen molar-refractivity contribution in [1.29, 1.82) is 0 Å². The molecule has 0 radical (unpaired) electrons. The molecule has 1 aliphatic rings. The molecule has 5 nitrogen and oxygen atoms in total. The van der Waals surface area contributed by atoms with E-state index in [1.54, 1.807) is 12.4 Å². The number of hydrogen-bond acceptors (Lipinski definition) is 4. The number of nitrogens with zero attached hydrogens (tertiary/aromatic N) is 2. The van der Waals surface area contributed by atoms with Crippen LogP contribution in [0, 0.1) is 0 Å². The Bertz CT molecular complexity index is 894. The van der Waals surface area contributed by atoms with Crippen LogP contribution in [0.3, 0.4) is 0 Å². The topological polar surface area (TPSA) is 75.1 Å². The third kappa shape index (κ3) is 4.04. The fourth-order valence-corrected chi connectivity index (χ4v) is 3.08. The van der Waals surface area contributed by atoms with Gasteiger partial charge in [-0.3, -0.25) is 4.79 Å². The van der Waals surface area contributed by atoms with Crippen molar-refractivity contribution >= 4 is 5.91 Å². The molecule has 0 unspecified atom stereocenters. The molecule has 0 aliphatic heterocycles. The van der Waals surface area contributed by atoms with Gasteiger partial charge in [0.2, 0.25) is 0 Å². The quantitative estimate of drug-likeness (QED) is 0.706. The highest BCUT2D eigenvalue weighted by atomic mass is 16.3. The van der Waals surface area contributed by atoms with E-state index in [0.29, 0.717) is 11.5 Å². The Morgan fingerprint density at radius 3 is 2.04 bits per heavy atom. The van der Waals surface area contributed by atoms with Crippen LogP contribution in [0.1, 0.15) is 58.2 Å². The molecule has 1 heterocycles. The molecule has 1 aliphatic carbocycles. The number of carbonyl (C=O) groups is 1. The van der Waals surface area contributed by atoms with Gasteiger partial charge in [-0.2, -0.15) is 0 Å². The van der Waals surface area contributed by atoms with E-state index >= 15 is 0 Å². The van der Waals surface area contributed by atoms with Crippen LogP contribution in [0.4, 0.5) is 0 Å². The van der Waals surface area contributed by atoms with E-state index in [2.05, 4.69) is 15.3 Å². The minimum atomic E-state index is -0.871. The maximum absolute atomic E-state index is 12.8. The molecule has 136 valence electrons. The summed E-state index contributed by atoms with van der Waals surface area (Å²) >= 11 is 0. The van der Waals surface area contributed by atoms with Crippen LogP contribution >= 0.6 is 0 Å². The van der Waals surface area contributed by atoms with Crippen molar-refractivity contribution in [1.82, 2.24) is 15.3 Å². The second-order valence-electron chi connectivity index (χ2n) is 6.82. The molecule has 1 saturated carbocycles. The van der Waals surface area contributed by atoms with Crippen molar-refractivity contribution < 1.29 is 9.90 Å². The molecule has 2 aromatic carbocycles. The average Bonchev–Trinajstić information content (AvgIpc) is 3.58. The number of aromatic nitrogens is 2. The minimum absolute atomic E-state index is 0.304. The standard InChI is InChI=1S/C22H21N3O2/c26-20(16-9-5-2-6-10-16)19(15-7-3-1-4-8-15)25-22(27)18-13-23-21(24-14-18)17-11-12-17/h1-10,13-14,17,19-20,26H,11-12H2,(H,25,27)/t19-,20+/m0/s1. The van der Waals surface area contributed by atoms with Gasteiger partial charge in [-0.15, -0.1) is 0 Å². The number of carbonyl (C=O) groups excluding carboxylic acids is 1. The Morgan fingerprint density at radius 1 is 0.926 bits per heavy atom. The Hall–Kier alpha value is -3.05. The number of hydrogen-bond donors (Lipinski definition) is 2. The number of benzene rings is 2. The number of nitrogens with one attached hydrogen (secondary N) is 1. The summed E-state index contributed by atoms with van der Waals surface area (Å²) < 4.78 is 0. The molecule has 1 amide bonds. The second kappa shape index (κ2) is 7.68. The predicted molar refractivity (Wildman–Crippen MR) is 102 cm³/mol. The highest BCUT2D eigenvalue weighted by Gasteiger charge is 2.28. The summed E-state index contributed by atoms with van der Waals surface area (Å²) in [7, 11) is 0. The van der Waals surface area contributed by atoms with Crippen LogP contribution in [0.15, 0.2) is 73.1 Å². The molecule has 5 heteroatoms. The Balaban J connectivity index is 1.57. The first-order chi connectivity index (χ1) is 13.2. The van der Waals surface area contributed by atoms with Gasteiger partial charge in [-0.25, -0.2) is 9.97 Å². The van der Waals surface area contributed by atoms with Gasteiger partial charge >= 0.3 is 0 Å². The van der Waals surface area contributed by atoms with Crippen molar-refractivity contribution in [3.05, 3.63) is 95.6 Å². The second-order valence-corrected chi connectivity index (χ2v) is 6.82. The maximum atomic E-state index is 12.8. The molecular weight excluding hydrogens is 338 g/mol. The average molecular weight is 359 g/mol. The van der Waals surface area contributed by atoms with E-state index in [9.17, 15) is 9.90 Å². The smallest absolute Gasteiger partial charge is 0.255 e. The summed E-state index contributed by atoms with van der Waals surface area (Å²) in [6.45, 7) is 0. The van der Waals surface area contributed by atoms with E-state index in [4.69, 9.17) is 0 Å². The maximum Gasteiger partial charge on any atom is 0.255 e. The molecule has 1 aromatic heterocycles. The van der Waals surface area contributed by atoms with Crippen LogP contribution < -0.4 is 5.32 Å². The summed E-state index contributed by atoms with van der Waals surface area (Å²) in [6.07, 6.45) is 4.49. The number of aliphatic hydroxyl groups excluding tert-OH is 1. The molecule has 0 saturated heterocycles. The molecule has 1 fully saturated rings. The molecule has 27 heavy (non-hydrogen) atoms. The van der Waals surface area contributed by atoms with Crippen LogP contribution in [0.2, 0.25) is 0 Å². The van der Waals surface area contributed by atoms with Crippen LogP contribution in [-0.4, -0.2) is 21.0 Å². The molecule has 2 atom stereocenters. The van der Waals surface area contributed by atoms with Gasteiger partial charge in [0.15, 0.2) is 0 Å². The molecule has 3 aromatic rings. The molecule has 2 N–H and O–H groups in total. The van der Waals surface area contributed by atoms with Gasteiger partial charge < -0.3 is 10.4 Å². The lowest BCUT2D eigenvalue weighted by Crippen LogP contribution is -2.33. The van der Waals surface area contributed by atoms with Gasteiger partial charge in [0, 0.05) is 18.3 Å². The largest absolute Gasteiger partial charge is 0.386 e. The summed E-state index contributed by atoms with van der Waals surface area (Å²) in [6, 6.07) is 18.2. The lowest BCUT2D eigenvalue weighted by Gasteiger charge is -2.25. The highest BCUT2D eigenvalue weighted by molar-refractivity contribution is 5.93. The fraction of sp³-hybridized carbons (Fsp3) is 0.227. The van der Waals surface area contributed by atoms with Gasteiger partial charge in [0.1, 0.15) is 11.9 Å². The number of rotatable bonds is 6. The molecule has 4 rings (SSSR count). The summed E-state index contributed by atoms with van der Waals surface area (Å²) in [5.41, 5.74) is 1.96. The van der Waals surface area contributed by atoms with Crippen molar-refractivity contribution in [2.24, 2.45) is 0 Å². The first-order valence-corrected chi connectivity index (χ1v) is 9.13. The Morgan fingerprint density at radius 2 is 1.48 bits per heavy atom. The van der Waals surface area contributed by atoms with Crippen molar-refractivity contribution in [3.8, 4) is 0 Å². The van der Waals surface area contributed by atoms with E-state index in [1.807, 2.05) is 60.7 Å². The van der Waals surface area contributed by atoms with Gasteiger partial charge in [-0.05, 0) is 24.0 Å². The zero-order valence-electron chi connectivity index (χ0n) is 14.8. The molecule has 0 spiro atoms. The number of aliphatic hydroxyl groups is 1. The van der Waals surface area contributed by atoms with E-state index in [1.165, 1.54) is 0 Å². The zero-order valence-corrected chi connectivity index (χ0v) is 14.8. The van der Waals surface area contributed by atoms with Crippen LogP contribution in [0.25, 0.3) is 0 Å². The van der Waals surface area contributed by atoms with Crippen molar-refractivity contribution in [3.63, 3.8) is 0 Å². The van der Waals surface area contributed by atoms with E-state index in [0.717, 1.165) is 29.8 Å². The van der Waals surface area contributed by atoms with Crippen molar-refractivity contribution in [2.45, 2.75) is 30.9 Å². The highest BCUT2D eigenvalue weighted by Crippen LogP contribution is 2.37. The first kappa shape index (κ1) is 17.4. The fourth-order valence-electron chi connectivity index (χ4n) is 3.08. The Labute approximate surface area is 158 Å². The third-order valence-electron chi connectivity index (χ3n) is 4.78. The SMILES string of the molecule is O=C(N[C@@H](c1ccccc1)[C@H](O)c1ccccc1)c1cnc(C2CC2)nc1. The predicted octanol–water partition coefficient (Wildman–Crippen LogP) is 3.56. The van der Waals surface area contributed by atoms with Gasteiger partial charge in [0.25, 0.3) is 5.91 Å². The lowest BCUT2D eigenvalue weighted by molar-refractivity contribution is 0.0830. The number of amides is 1. The van der Waals surface area contributed by atoms with Crippen LogP contribution in [-0.2, 0) is 0 Å². The monoisotopic (exact) mass is 359 g/mol. The lowest BCUT2D eigenvalue weighted by atomic mass is 9.95. The Kier molecular flexibility index (Phi) is 4.94. The molecule has 0 bridgehead atoms. The summed E-state index contributed by atoms with van der Waals surface area (Å²) in [5.74, 6) is 0.941. The summed E-state index contributed by atoms with van der Waals surface area (Å²) in [4.78, 5) is 21.4. The summed E-state index contributed by atoms with van der Waals surface area (Å²) in [5, 5.41) is 13.9. The van der Waals surface area contributed by atoms with E-state index < -0.39 is 12.1 Å². The third-order valence-corrected chi connectivity index (χ3v) is 4.78.